The first-order valence-corrected chi connectivity index (χ1v) is 8.39. The molecule has 2 aromatic carbocycles. The van der Waals surface area contributed by atoms with Gasteiger partial charge in [-0.2, -0.15) is 5.10 Å². The lowest BCUT2D eigenvalue weighted by atomic mass is 10.2. The van der Waals surface area contributed by atoms with Crippen molar-refractivity contribution >= 4 is 50.7 Å². The van der Waals surface area contributed by atoms with E-state index in [-0.39, 0.29) is 5.91 Å². The van der Waals surface area contributed by atoms with Gasteiger partial charge in [0.05, 0.1) is 17.7 Å². The van der Waals surface area contributed by atoms with Crippen LogP contribution in [-0.2, 0) is 4.79 Å². The summed E-state index contributed by atoms with van der Waals surface area (Å²) in [5, 5.41) is 8.90. The van der Waals surface area contributed by atoms with Gasteiger partial charge in [-0.1, -0.05) is 58.0 Å². The first kappa shape index (κ1) is 15.0. The van der Waals surface area contributed by atoms with E-state index in [2.05, 4.69) is 26.1 Å². The molecule has 0 N–H and O–H groups in total. The molecule has 1 aliphatic rings. The zero-order valence-electron chi connectivity index (χ0n) is 11.5. The molecule has 1 heterocycles. The molecule has 110 valence electrons. The molecule has 0 atom stereocenters. The highest BCUT2D eigenvalue weighted by Gasteiger charge is 2.29. The maximum Gasteiger partial charge on any atom is 0.243 e. The molecule has 0 bridgehead atoms. The van der Waals surface area contributed by atoms with Crippen molar-refractivity contribution in [2.75, 3.05) is 10.7 Å². The Morgan fingerprint density at radius 2 is 1.95 bits per heavy atom. The molecule has 0 aliphatic carbocycles. The molecule has 1 aliphatic heterocycles. The summed E-state index contributed by atoms with van der Waals surface area (Å²) in [4.78, 5) is 13.6. The van der Waals surface area contributed by atoms with Crippen molar-refractivity contribution in [3.8, 4) is 0 Å². The van der Waals surface area contributed by atoms with E-state index in [0.29, 0.717) is 10.9 Å². The molecule has 0 unspecified atom stereocenters. The maximum atomic E-state index is 12.0. The molecule has 6 heteroatoms. The normalized spacial score (nSPS) is 16.9. The highest BCUT2D eigenvalue weighted by Crippen LogP contribution is 2.26. The summed E-state index contributed by atoms with van der Waals surface area (Å²) < 4.78 is 0.987. The van der Waals surface area contributed by atoms with Crippen molar-refractivity contribution < 1.29 is 4.79 Å². The van der Waals surface area contributed by atoms with E-state index in [1.807, 2.05) is 54.6 Å². The lowest BCUT2D eigenvalue weighted by Crippen LogP contribution is -2.28. The molecular weight excluding hydrogens is 362 g/mol. The number of anilines is 1. The van der Waals surface area contributed by atoms with Crippen LogP contribution < -0.4 is 4.90 Å². The number of hydrogen-bond donors (Lipinski definition) is 0. The average Bonchev–Trinajstić information content (AvgIpc) is 2.89. The molecule has 1 saturated heterocycles. The maximum absolute atomic E-state index is 12.0. The minimum absolute atomic E-state index is 0.0209. The van der Waals surface area contributed by atoms with Crippen molar-refractivity contribution in [3.05, 3.63) is 64.6 Å². The molecule has 0 spiro atoms. The van der Waals surface area contributed by atoms with Gasteiger partial charge in [-0.05, 0) is 29.8 Å². The van der Waals surface area contributed by atoms with Gasteiger partial charge >= 0.3 is 0 Å². The smallest absolute Gasteiger partial charge is 0.243 e. The first-order chi connectivity index (χ1) is 10.7. The summed E-state index contributed by atoms with van der Waals surface area (Å²) in [6.45, 7) is 0. The van der Waals surface area contributed by atoms with Crippen LogP contribution in [0, 0.1) is 0 Å². The fraction of sp³-hybridized carbons (Fsp3) is 0.0625. The van der Waals surface area contributed by atoms with Crippen LogP contribution in [0.1, 0.15) is 5.56 Å². The van der Waals surface area contributed by atoms with Crippen LogP contribution in [0.3, 0.4) is 0 Å². The molecule has 4 nitrogen and oxygen atoms in total. The van der Waals surface area contributed by atoms with Crippen molar-refractivity contribution in [3.63, 3.8) is 0 Å². The number of thioether (sulfide) groups is 1. The Hall–Kier alpha value is -1.92. The minimum atomic E-state index is 0.0209. The number of hydrogen-bond acceptors (Lipinski definition) is 4. The summed E-state index contributed by atoms with van der Waals surface area (Å²) >= 11 is 4.81. The van der Waals surface area contributed by atoms with E-state index >= 15 is 0 Å². The third-order valence-corrected chi connectivity index (χ3v) is 4.39. The Morgan fingerprint density at radius 3 is 2.73 bits per heavy atom. The van der Waals surface area contributed by atoms with Crippen LogP contribution in [0.4, 0.5) is 5.69 Å². The lowest BCUT2D eigenvalue weighted by Gasteiger charge is -2.14. The second-order valence-corrected chi connectivity index (χ2v) is 6.39. The van der Waals surface area contributed by atoms with E-state index in [0.717, 1.165) is 15.7 Å². The van der Waals surface area contributed by atoms with E-state index in [1.165, 1.54) is 11.8 Å². The quantitative estimate of drug-likeness (QED) is 0.604. The number of amidine groups is 1. The van der Waals surface area contributed by atoms with Gasteiger partial charge in [-0.15, -0.1) is 5.10 Å². The third kappa shape index (κ3) is 3.45. The number of carbonyl (C=O) groups is 1. The van der Waals surface area contributed by atoms with Crippen LogP contribution in [0.15, 0.2) is 69.3 Å². The summed E-state index contributed by atoms with van der Waals surface area (Å²) in [6.07, 6.45) is 1.67. The predicted molar refractivity (Wildman–Crippen MR) is 95.6 cm³/mol. The highest BCUT2D eigenvalue weighted by molar-refractivity contribution is 9.10. The van der Waals surface area contributed by atoms with Gasteiger partial charge in [-0.3, -0.25) is 9.69 Å². The average molecular weight is 374 g/mol. The van der Waals surface area contributed by atoms with Crippen LogP contribution in [-0.4, -0.2) is 23.0 Å². The molecule has 1 fully saturated rings. The van der Waals surface area contributed by atoms with E-state index < -0.39 is 0 Å². The molecule has 1 amide bonds. The van der Waals surface area contributed by atoms with Gasteiger partial charge in [-0.25, -0.2) is 0 Å². The Labute approximate surface area is 141 Å². The minimum Gasteiger partial charge on any atom is -0.273 e. The van der Waals surface area contributed by atoms with Crippen LogP contribution in [0.25, 0.3) is 0 Å². The van der Waals surface area contributed by atoms with Crippen molar-refractivity contribution in [2.24, 2.45) is 10.2 Å². The van der Waals surface area contributed by atoms with Crippen molar-refractivity contribution in [1.82, 2.24) is 0 Å². The summed E-state index contributed by atoms with van der Waals surface area (Å²) in [5.74, 6) is 0.410. The predicted octanol–water partition coefficient (Wildman–Crippen LogP) is 3.92. The monoisotopic (exact) mass is 373 g/mol. The van der Waals surface area contributed by atoms with Gasteiger partial charge in [0.1, 0.15) is 0 Å². The number of para-hydroxylation sites is 1. The van der Waals surface area contributed by atoms with Gasteiger partial charge in [0.25, 0.3) is 0 Å². The van der Waals surface area contributed by atoms with E-state index in [4.69, 9.17) is 0 Å². The molecule has 0 radical (unpaired) electrons. The van der Waals surface area contributed by atoms with Crippen LogP contribution >= 0.6 is 27.7 Å². The largest absolute Gasteiger partial charge is 0.273 e. The second kappa shape index (κ2) is 6.89. The molecule has 2 aromatic rings. The van der Waals surface area contributed by atoms with E-state index in [1.54, 1.807) is 11.1 Å². The van der Waals surface area contributed by atoms with Crippen molar-refractivity contribution in [1.29, 1.82) is 0 Å². The number of carbonyl (C=O) groups excluding carboxylic acids is 1. The molecule has 0 aromatic heterocycles. The number of amides is 1. The van der Waals surface area contributed by atoms with Crippen LogP contribution in [0.5, 0.6) is 0 Å². The Morgan fingerprint density at radius 1 is 1.14 bits per heavy atom. The Bertz CT molecular complexity index is 746. The second-order valence-electron chi connectivity index (χ2n) is 4.54. The van der Waals surface area contributed by atoms with Crippen molar-refractivity contribution in [2.45, 2.75) is 0 Å². The van der Waals surface area contributed by atoms with Gasteiger partial charge < -0.3 is 0 Å². The van der Waals surface area contributed by atoms with E-state index in [9.17, 15) is 4.79 Å². The zero-order valence-corrected chi connectivity index (χ0v) is 13.9. The highest BCUT2D eigenvalue weighted by atomic mass is 79.9. The summed E-state index contributed by atoms with van der Waals surface area (Å²) in [5.41, 5.74) is 1.76. The van der Waals surface area contributed by atoms with Crippen LogP contribution in [0.2, 0.25) is 0 Å². The zero-order chi connectivity index (χ0) is 15.4. The third-order valence-electron chi connectivity index (χ3n) is 2.98. The van der Waals surface area contributed by atoms with Gasteiger partial charge in [0, 0.05) is 4.47 Å². The molecular formula is C16H12BrN3OS. The standard InChI is InChI=1S/C16H12BrN3OS/c17-13-6-4-5-12(9-13)10-18-19-16-20(15(21)11-22-16)14-7-2-1-3-8-14/h1-10H,11H2/b18-10+,19-16+. The number of nitrogens with zero attached hydrogens (tertiary/aromatic N) is 3. The molecule has 3 rings (SSSR count). The number of halogens is 1. The number of rotatable bonds is 3. The lowest BCUT2D eigenvalue weighted by molar-refractivity contribution is -0.115. The SMILES string of the molecule is O=C1CS/C(=N/N=C/c2cccc(Br)c2)N1c1ccccc1. The van der Waals surface area contributed by atoms with Gasteiger partial charge in [0.15, 0.2) is 5.17 Å². The topological polar surface area (TPSA) is 45.0 Å². The molecule has 0 saturated carbocycles. The summed E-state index contributed by atoms with van der Waals surface area (Å²) in [6, 6.07) is 17.3. The molecule has 22 heavy (non-hydrogen) atoms. The first-order valence-electron chi connectivity index (χ1n) is 6.61. The Kier molecular flexibility index (Phi) is 4.70. The van der Waals surface area contributed by atoms with Gasteiger partial charge in [0.2, 0.25) is 5.91 Å². The number of benzene rings is 2. The summed E-state index contributed by atoms with van der Waals surface area (Å²) in [7, 11) is 0. The Balaban J connectivity index is 1.82. The fourth-order valence-electron chi connectivity index (χ4n) is 2.00. The fourth-order valence-corrected chi connectivity index (χ4v) is 3.24.